The number of nitrogens with zero attached hydrogens (tertiary/aromatic N) is 4. The first-order valence-corrected chi connectivity index (χ1v) is 11.3. The summed E-state index contributed by atoms with van der Waals surface area (Å²) >= 11 is 0. The molecule has 2 aromatic rings. The zero-order chi connectivity index (χ0) is 21.8. The Labute approximate surface area is 184 Å². The van der Waals surface area contributed by atoms with Crippen LogP contribution in [0.4, 0.5) is 0 Å². The fourth-order valence-corrected chi connectivity index (χ4v) is 4.95. The van der Waals surface area contributed by atoms with Crippen LogP contribution >= 0.6 is 0 Å². The van der Waals surface area contributed by atoms with E-state index in [0.717, 1.165) is 44.8 Å². The summed E-state index contributed by atoms with van der Waals surface area (Å²) < 4.78 is 7.89. The zero-order valence-electron chi connectivity index (χ0n) is 18.4. The minimum absolute atomic E-state index is 0.000540. The number of amides is 2. The van der Waals surface area contributed by atoms with E-state index in [9.17, 15) is 9.59 Å². The van der Waals surface area contributed by atoms with E-state index in [0.29, 0.717) is 30.7 Å². The maximum atomic E-state index is 13.1. The second-order valence-corrected chi connectivity index (χ2v) is 8.66. The van der Waals surface area contributed by atoms with Crippen molar-refractivity contribution in [2.75, 3.05) is 32.8 Å². The number of ether oxygens (including phenoxy) is 1. The van der Waals surface area contributed by atoms with Crippen LogP contribution < -0.4 is 4.74 Å². The number of hydrogen-bond donors (Lipinski definition) is 0. The normalized spacial score (nSPS) is 22.0. The van der Waals surface area contributed by atoms with E-state index in [1.165, 1.54) is 0 Å². The average molecular weight is 425 g/mol. The first-order valence-electron chi connectivity index (χ1n) is 11.3. The summed E-state index contributed by atoms with van der Waals surface area (Å²) in [6.45, 7) is 8.01. The molecule has 1 aromatic carbocycles. The standard InChI is InChI=1S/C24H32N4O3/c1-3-28-14-11-23(25-28)24(30)27-15-20(17-31-21-7-5-4-6-8-21)22(16-27)19-9-12-26(13-10-19)18(2)29/h4-8,11,14,19-20,22H,3,9-10,12-13,15-17H2,1-2H3/t20-,22-/m0/s1. The number of aryl methyl sites for hydroxylation is 1. The van der Waals surface area contributed by atoms with Crippen LogP contribution in [0.2, 0.25) is 0 Å². The molecule has 0 N–H and O–H groups in total. The Kier molecular flexibility index (Phi) is 6.59. The Bertz CT molecular complexity index is 889. The van der Waals surface area contributed by atoms with Gasteiger partial charge in [0.1, 0.15) is 11.4 Å². The van der Waals surface area contributed by atoms with Gasteiger partial charge in [0.2, 0.25) is 5.91 Å². The van der Waals surface area contributed by atoms with Gasteiger partial charge in [0.15, 0.2) is 0 Å². The highest BCUT2D eigenvalue weighted by molar-refractivity contribution is 5.92. The number of aromatic nitrogens is 2. The van der Waals surface area contributed by atoms with Crippen molar-refractivity contribution >= 4 is 11.8 Å². The molecule has 0 radical (unpaired) electrons. The number of hydrogen-bond acceptors (Lipinski definition) is 4. The van der Waals surface area contributed by atoms with Gasteiger partial charge in [-0.05, 0) is 49.8 Å². The molecule has 2 aliphatic heterocycles. The molecule has 0 spiro atoms. The quantitative estimate of drug-likeness (QED) is 0.715. The lowest BCUT2D eigenvalue weighted by Crippen LogP contribution is -2.40. The van der Waals surface area contributed by atoms with Crippen LogP contribution in [0, 0.1) is 17.8 Å². The maximum absolute atomic E-state index is 13.1. The molecule has 166 valence electrons. The Morgan fingerprint density at radius 3 is 2.45 bits per heavy atom. The van der Waals surface area contributed by atoms with Gasteiger partial charge in [0.25, 0.3) is 5.91 Å². The molecule has 1 aromatic heterocycles. The van der Waals surface area contributed by atoms with Crippen LogP contribution in [0.1, 0.15) is 37.2 Å². The van der Waals surface area contributed by atoms with Gasteiger partial charge in [0.05, 0.1) is 6.61 Å². The van der Waals surface area contributed by atoms with Crippen molar-refractivity contribution in [2.45, 2.75) is 33.2 Å². The predicted octanol–water partition coefficient (Wildman–Crippen LogP) is 2.93. The molecule has 2 saturated heterocycles. The van der Waals surface area contributed by atoms with E-state index in [4.69, 9.17) is 4.74 Å². The molecule has 0 unspecified atom stereocenters. The van der Waals surface area contributed by atoms with Gasteiger partial charge in [-0.1, -0.05) is 18.2 Å². The molecule has 0 aliphatic carbocycles. The van der Waals surface area contributed by atoms with Gasteiger partial charge in [-0.15, -0.1) is 0 Å². The summed E-state index contributed by atoms with van der Waals surface area (Å²) in [5.74, 6) is 2.14. The summed E-state index contributed by atoms with van der Waals surface area (Å²) in [6.07, 6.45) is 3.82. The topological polar surface area (TPSA) is 67.7 Å². The predicted molar refractivity (Wildman–Crippen MR) is 118 cm³/mol. The van der Waals surface area contributed by atoms with Gasteiger partial charge >= 0.3 is 0 Å². The number of carbonyl (C=O) groups is 2. The third-order valence-electron chi connectivity index (χ3n) is 6.76. The van der Waals surface area contributed by atoms with Gasteiger partial charge < -0.3 is 14.5 Å². The van der Waals surface area contributed by atoms with Crippen LogP contribution in [-0.4, -0.2) is 64.2 Å². The summed E-state index contributed by atoms with van der Waals surface area (Å²) in [5, 5.41) is 4.41. The van der Waals surface area contributed by atoms with E-state index >= 15 is 0 Å². The lowest BCUT2D eigenvalue weighted by atomic mass is 9.78. The van der Waals surface area contributed by atoms with E-state index in [-0.39, 0.29) is 17.7 Å². The number of rotatable bonds is 6. The van der Waals surface area contributed by atoms with E-state index in [1.807, 2.05) is 53.3 Å². The van der Waals surface area contributed by atoms with Crippen molar-refractivity contribution < 1.29 is 14.3 Å². The van der Waals surface area contributed by atoms with Crippen molar-refractivity contribution in [1.82, 2.24) is 19.6 Å². The fourth-order valence-electron chi connectivity index (χ4n) is 4.95. The molecular weight excluding hydrogens is 392 g/mol. The molecule has 2 aliphatic rings. The third kappa shape index (κ3) is 4.92. The summed E-state index contributed by atoms with van der Waals surface area (Å²) in [7, 11) is 0. The Morgan fingerprint density at radius 1 is 1.06 bits per heavy atom. The van der Waals surface area contributed by atoms with Crippen LogP contribution in [0.5, 0.6) is 5.75 Å². The highest BCUT2D eigenvalue weighted by Crippen LogP contribution is 2.36. The average Bonchev–Trinajstić information content (AvgIpc) is 3.45. The van der Waals surface area contributed by atoms with E-state index in [1.54, 1.807) is 17.7 Å². The molecule has 2 amide bonds. The molecule has 0 saturated carbocycles. The van der Waals surface area contributed by atoms with Crippen LogP contribution in [0.3, 0.4) is 0 Å². The minimum Gasteiger partial charge on any atom is -0.493 e. The smallest absolute Gasteiger partial charge is 0.274 e. The Morgan fingerprint density at radius 2 is 1.81 bits per heavy atom. The molecule has 7 nitrogen and oxygen atoms in total. The van der Waals surface area contributed by atoms with Gasteiger partial charge in [-0.2, -0.15) is 5.10 Å². The summed E-state index contributed by atoms with van der Waals surface area (Å²) in [6, 6.07) is 11.7. The van der Waals surface area contributed by atoms with Gasteiger partial charge in [-0.25, -0.2) is 0 Å². The maximum Gasteiger partial charge on any atom is 0.274 e. The van der Waals surface area contributed by atoms with Gasteiger partial charge in [0, 0.05) is 51.8 Å². The molecule has 0 bridgehead atoms. The number of para-hydroxylation sites is 1. The number of likely N-dealkylation sites (tertiary alicyclic amines) is 2. The SMILES string of the molecule is CCn1ccc(C(=O)N2C[C@@H](COc3ccccc3)[C@H](C3CCN(C(C)=O)CC3)C2)n1. The minimum atomic E-state index is 0.000540. The number of piperidine rings is 1. The lowest BCUT2D eigenvalue weighted by Gasteiger charge is -2.36. The molecule has 3 heterocycles. The van der Waals surface area contributed by atoms with Crippen molar-refractivity contribution in [2.24, 2.45) is 17.8 Å². The van der Waals surface area contributed by atoms with Crippen molar-refractivity contribution in [1.29, 1.82) is 0 Å². The first-order chi connectivity index (χ1) is 15.0. The molecule has 2 fully saturated rings. The lowest BCUT2D eigenvalue weighted by molar-refractivity contribution is -0.130. The molecule has 31 heavy (non-hydrogen) atoms. The van der Waals surface area contributed by atoms with Crippen LogP contribution in [0.15, 0.2) is 42.6 Å². The van der Waals surface area contributed by atoms with Crippen LogP contribution in [0.25, 0.3) is 0 Å². The van der Waals surface area contributed by atoms with E-state index < -0.39 is 0 Å². The first kappa shape index (κ1) is 21.4. The Hall–Kier alpha value is -2.83. The molecule has 4 rings (SSSR count). The highest BCUT2D eigenvalue weighted by Gasteiger charge is 2.41. The summed E-state index contributed by atoms with van der Waals surface area (Å²) in [4.78, 5) is 28.7. The largest absolute Gasteiger partial charge is 0.493 e. The van der Waals surface area contributed by atoms with E-state index in [2.05, 4.69) is 5.10 Å². The molecule has 2 atom stereocenters. The highest BCUT2D eigenvalue weighted by atomic mass is 16.5. The summed E-state index contributed by atoms with van der Waals surface area (Å²) in [5.41, 5.74) is 0.511. The molecular formula is C24H32N4O3. The third-order valence-corrected chi connectivity index (χ3v) is 6.76. The second-order valence-electron chi connectivity index (χ2n) is 8.66. The van der Waals surface area contributed by atoms with Crippen LogP contribution in [-0.2, 0) is 11.3 Å². The van der Waals surface area contributed by atoms with Crippen molar-refractivity contribution in [3.63, 3.8) is 0 Å². The number of carbonyl (C=O) groups excluding carboxylic acids is 2. The van der Waals surface area contributed by atoms with Crippen molar-refractivity contribution in [3.8, 4) is 5.75 Å². The fraction of sp³-hybridized carbons (Fsp3) is 0.542. The van der Waals surface area contributed by atoms with Crippen molar-refractivity contribution in [3.05, 3.63) is 48.3 Å². The number of benzene rings is 1. The van der Waals surface area contributed by atoms with Gasteiger partial charge in [-0.3, -0.25) is 14.3 Å². The Balaban J connectivity index is 1.46. The monoisotopic (exact) mass is 424 g/mol. The second kappa shape index (κ2) is 9.54. The zero-order valence-corrected chi connectivity index (χ0v) is 18.4. The molecule has 7 heteroatoms.